The molecule has 0 saturated carbocycles. The number of ether oxygens (including phenoxy) is 1. The Morgan fingerprint density at radius 1 is 1.11 bits per heavy atom. The molecule has 0 unspecified atom stereocenters. The lowest BCUT2D eigenvalue weighted by molar-refractivity contribution is -0.138. The fraction of sp³-hybridized carbons (Fsp3) is 0.364. The molecule has 0 aliphatic rings. The van der Waals surface area contributed by atoms with Crippen molar-refractivity contribution in [3.05, 3.63) is 52.2 Å². The van der Waals surface area contributed by atoms with Crippen molar-refractivity contribution in [3.63, 3.8) is 0 Å². The number of nitrogens with zero attached hydrogens (tertiary/aromatic N) is 1. The van der Waals surface area contributed by atoms with Gasteiger partial charge in [-0.05, 0) is 30.7 Å². The van der Waals surface area contributed by atoms with E-state index in [0.717, 1.165) is 29.3 Å². The van der Waals surface area contributed by atoms with E-state index in [4.69, 9.17) is 9.15 Å². The van der Waals surface area contributed by atoms with E-state index in [1.54, 1.807) is 6.07 Å². The minimum Gasteiger partial charge on any atom is -0.462 e. The summed E-state index contributed by atoms with van der Waals surface area (Å²) in [6.45, 7) is 2.52. The topological polar surface area (TPSA) is 63.2 Å². The first-order valence-corrected chi connectivity index (χ1v) is 10.1. The van der Waals surface area contributed by atoms with Crippen molar-refractivity contribution in [1.82, 2.24) is 0 Å². The first-order chi connectivity index (χ1) is 13.1. The highest BCUT2D eigenvalue weighted by atomic mass is 79.9. The number of hydrogen-bond donors (Lipinski definition) is 0. The van der Waals surface area contributed by atoms with Gasteiger partial charge in [0, 0.05) is 16.1 Å². The van der Waals surface area contributed by atoms with Gasteiger partial charge in [-0.1, -0.05) is 67.1 Å². The van der Waals surface area contributed by atoms with Crippen LogP contribution in [0.3, 0.4) is 0 Å². The third kappa shape index (κ3) is 7.07. The van der Waals surface area contributed by atoms with E-state index in [1.807, 2.05) is 36.4 Å². The minimum atomic E-state index is -0.604. The van der Waals surface area contributed by atoms with Gasteiger partial charge < -0.3 is 9.15 Å². The standard InChI is InChI=1S/C22H24BrNO3/c1-2-3-4-5-6-7-14-26-22(25)18(16-24)15-20-12-13-21(27-20)17-8-10-19(23)11-9-17/h8-13,15H,2-7,14H2,1H3. The van der Waals surface area contributed by atoms with Crippen LogP contribution in [0.2, 0.25) is 0 Å². The molecule has 1 aromatic carbocycles. The van der Waals surface area contributed by atoms with E-state index in [1.165, 1.54) is 25.3 Å². The molecule has 0 saturated heterocycles. The lowest BCUT2D eigenvalue weighted by Crippen LogP contribution is -2.07. The Bertz CT molecular complexity index is 800. The van der Waals surface area contributed by atoms with Crippen molar-refractivity contribution in [3.8, 4) is 17.4 Å². The molecule has 0 amide bonds. The molecule has 1 aromatic heterocycles. The van der Waals surface area contributed by atoms with Gasteiger partial charge in [0.1, 0.15) is 23.2 Å². The third-order valence-electron chi connectivity index (χ3n) is 4.11. The number of carbonyl (C=O) groups excluding carboxylic acids is 1. The monoisotopic (exact) mass is 429 g/mol. The van der Waals surface area contributed by atoms with E-state index in [0.29, 0.717) is 18.1 Å². The minimum absolute atomic E-state index is 0.0577. The molecule has 27 heavy (non-hydrogen) atoms. The first-order valence-electron chi connectivity index (χ1n) is 9.28. The van der Waals surface area contributed by atoms with Crippen LogP contribution in [-0.2, 0) is 9.53 Å². The molecule has 0 fully saturated rings. The van der Waals surface area contributed by atoms with Crippen molar-refractivity contribution in [1.29, 1.82) is 5.26 Å². The molecular formula is C22H24BrNO3. The van der Waals surface area contributed by atoms with Crippen LogP contribution >= 0.6 is 15.9 Å². The van der Waals surface area contributed by atoms with Crippen LogP contribution in [0, 0.1) is 11.3 Å². The van der Waals surface area contributed by atoms with Gasteiger partial charge in [-0.3, -0.25) is 0 Å². The van der Waals surface area contributed by atoms with Crippen LogP contribution in [0.25, 0.3) is 17.4 Å². The van der Waals surface area contributed by atoms with Gasteiger partial charge in [0.05, 0.1) is 6.61 Å². The second-order valence-corrected chi connectivity index (χ2v) is 7.20. The maximum absolute atomic E-state index is 12.1. The lowest BCUT2D eigenvalue weighted by Gasteiger charge is -2.03. The van der Waals surface area contributed by atoms with Gasteiger partial charge in [0.15, 0.2) is 0 Å². The predicted molar refractivity (Wildman–Crippen MR) is 110 cm³/mol. The number of carbonyl (C=O) groups is 1. The van der Waals surface area contributed by atoms with Crippen molar-refractivity contribution in [2.45, 2.75) is 45.4 Å². The Hall–Kier alpha value is -2.32. The Morgan fingerprint density at radius 2 is 1.81 bits per heavy atom. The summed E-state index contributed by atoms with van der Waals surface area (Å²) in [7, 11) is 0. The Balaban J connectivity index is 1.89. The molecule has 0 aliphatic carbocycles. The summed E-state index contributed by atoms with van der Waals surface area (Å²) in [5.41, 5.74) is 0.861. The number of rotatable bonds is 10. The summed E-state index contributed by atoms with van der Waals surface area (Å²) in [6.07, 6.45) is 8.10. The van der Waals surface area contributed by atoms with Crippen LogP contribution in [0.1, 0.15) is 51.2 Å². The SMILES string of the molecule is CCCCCCCCOC(=O)C(C#N)=Cc1ccc(-c2ccc(Br)cc2)o1. The number of nitriles is 1. The maximum Gasteiger partial charge on any atom is 0.349 e. The molecule has 0 atom stereocenters. The van der Waals surface area contributed by atoms with Gasteiger partial charge >= 0.3 is 5.97 Å². The van der Waals surface area contributed by atoms with Crippen molar-refractivity contribution in [2.75, 3.05) is 6.61 Å². The summed E-state index contributed by atoms with van der Waals surface area (Å²) < 4.78 is 11.9. The fourth-order valence-corrected chi connectivity index (χ4v) is 2.87. The summed E-state index contributed by atoms with van der Waals surface area (Å²) in [5, 5.41) is 9.25. The van der Waals surface area contributed by atoms with Crippen LogP contribution in [0.4, 0.5) is 0 Å². The largest absolute Gasteiger partial charge is 0.462 e. The molecule has 142 valence electrons. The quantitative estimate of drug-likeness (QED) is 0.186. The van der Waals surface area contributed by atoms with Gasteiger partial charge in [0.2, 0.25) is 0 Å². The normalized spacial score (nSPS) is 11.2. The van der Waals surface area contributed by atoms with Crippen LogP contribution in [0.15, 0.2) is 50.9 Å². The highest BCUT2D eigenvalue weighted by Gasteiger charge is 2.12. The van der Waals surface area contributed by atoms with Crippen LogP contribution in [-0.4, -0.2) is 12.6 Å². The number of furan rings is 1. The Kier molecular flexibility index (Phi) is 8.86. The van der Waals surface area contributed by atoms with Gasteiger partial charge in [-0.2, -0.15) is 5.26 Å². The molecule has 0 N–H and O–H groups in total. The average Bonchev–Trinajstić information content (AvgIpc) is 3.14. The molecule has 4 nitrogen and oxygen atoms in total. The van der Waals surface area contributed by atoms with Gasteiger partial charge in [0.25, 0.3) is 0 Å². The van der Waals surface area contributed by atoms with E-state index < -0.39 is 5.97 Å². The number of benzene rings is 1. The smallest absolute Gasteiger partial charge is 0.349 e. The predicted octanol–water partition coefficient (Wildman–Crippen LogP) is 6.52. The summed E-state index contributed by atoms with van der Waals surface area (Å²) in [5.74, 6) is 0.514. The molecule has 2 rings (SSSR count). The summed E-state index contributed by atoms with van der Waals surface area (Å²) in [4.78, 5) is 12.1. The van der Waals surface area contributed by atoms with Crippen molar-refractivity contribution in [2.24, 2.45) is 0 Å². The average molecular weight is 430 g/mol. The maximum atomic E-state index is 12.1. The van der Waals surface area contributed by atoms with E-state index in [2.05, 4.69) is 22.9 Å². The molecular weight excluding hydrogens is 406 g/mol. The highest BCUT2D eigenvalue weighted by Crippen LogP contribution is 2.25. The molecule has 1 heterocycles. The zero-order valence-corrected chi connectivity index (χ0v) is 17.1. The van der Waals surface area contributed by atoms with E-state index in [9.17, 15) is 10.1 Å². The Morgan fingerprint density at radius 3 is 2.52 bits per heavy atom. The molecule has 0 radical (unpaired) electrons. The zero-order valence-electron chi connectivity index (χ0n) is 15.5. The number of hydrogen-bond acceptors (Lipinski definition) is 4. The molecule has 2 aromatic rings. The third-order valence-corrected chi connectivity index (χ3v) is 4.64. The van der Waals surface area contributed by atoms with Crippen molar-refractivity contribution >= 4 is 28.0 Å². The van der Waals surface area contributed by atoms with Crippen LogP contribution < -0.4 is 0 Å². The van der Waals surface area contributed by atoms with Crippen LogP contribution in [0.5, 0.6) is 0 Å². The zero-order chi connectivity index (χ0) is 19.5. The van der Waals surface area contributed by atoms with E-state index >= 15 is 0 Å². The second-order valence-electron chi connectivity index (χ2n) is 6.28. The second kappa shape index (κ2) is 11.4. The van der Waals surface area contributed by atoms with Crippen molar-refractivity contribution < 1.29 is 13.9 Å². The van der Waals surface area contributed by atoms with Gasteiger partial charge in [-0.25, -0.2) is 4.79 Å². The molecule has 0 spiro atoms. The summed E-state index contributed by atoms with van der Waals surface area (Å²) >= 11 is 3.39. The fourth-order valence-electron chi connectivity index (χ4n) is 2.60. The number of halogens is 1. The Labute approximate surface area is 169 Å². The number of unbranched alkanes of at least 4 members (excludes halogenated alkanes) is 5. The van der Waals surface area contributed by atoms with Gasteiger partial charge in [-0.15, -0.1) is 0 Å². The molecule has 0 aliphatic heterocycles. The highest BCUT2D eigenvalue weighted by molar-refractivity contribution is 9.10. The summed E-state index contributed by atoms with van der Waals surface area (Å²) in [6, 6.07) is 13.1. The lowest BCUT2D eigenvalue weighted by atomic mass is 10.1. The first kappa shape index (κ1) is 21.0. The van der Waals surface area contributed by atoms with E-state index in [-0.39, 0.29) is 5.57 Å². The number of esters is 1. The molecule has 5 heteroatoms. The molecule has 0 bridgehead atoms.